The van der Waals surface area contributed by atoms with E-state index in [9.17, 15) is 4.79 Å². The number of carbonyl (C=O) groups excluding carboxylic acids is 1. The fourth-order valence-electron chi connectivity index (χ4n) is 2.66. The quantitative estimate of drug-likeness (QED) is 0.780. The van der Waals surface area contributed by atoms with Crippen LogP contribution in [0.5, 0.6) is 0 Å². The molecule has 1 atom stereocenters. The molecule has 1 saturated heterocycles. The Bertz CT molecular complexity index is 452. The summed E-state index contributed by atoms with van der Waals surface area (Å²) < 4.78 is 5.34. The summed E-state index contributed by atoms with van der Waals surface area (Å²) in [5.74, 6) is 3.68. The van der Waals surface area contributed by atoms with Crippen LogP contribution in [0, 0.1) is 5.92 Å². The van der Waals surface area contributed by atoms with E-state index >= 15 is 0 Å². The Hall–Kier alpha value is -0.970. The molecule has 0 spiro atoms. The van der Waals surface area contributed by atoms with Crippen LogP contribution in [0.4, 0.5) is 0 Å². The standard InChI is InChI=1S/C13H18N2O2S/c1-9-2-3-11-10(8-9)12(14-17-11)13(16)15-4-6-18-7-5-15/h9H,2-8H2,1H3/t9-/m1/s1. The van der Waals surface area contributed by atoms with Crippen LogP contribution in [0.2, 0.25) is 0 Å². The van der Waals surface area contributed by atoms with Gasteiger partial charge in [0.1, 0.15) is 5.76 Å². The summed E-state index contributed by atoms with van der Waals surface area (Å²) in [5, 5.41) is 4.03. The largest absolute Gasteiger partial charge is 0.360 e. The number of rotatable bonds is 1. The molecular weight excluding hydrogens is 248 g/mol. The third kappa shape index (κ3) is 2.16. The topological polar surface area (TPSA) is 46.3 Å². The summed E-state index contributed by atoms with van der Waals surface area (Å²) in [7, 11) is 0. The summed E-state index contributed by atoms with van der Waals surface area (Å²) in [5.41, 5.74) is 1.64. The van der Waals surface area contributed by atoms with Gasteiger partial charge >= 0.3 is 0 Å². The molecule has 0 bridgehead atoms. The molecule has 0 saturated carbocycles. The molecule has 0 unspecified atom stereocenters. The Labute approximate surface area is 111 Å². The molecular formula is C13H18N2O2S. The van der Waals surface area contributed by atoms with Crippen molar-refractivity contribution in [3.8, 4) is 0 Å². The van der Waals surface area contributed by atoms with Crippen LogP contribution < -0.4 is 0 Å². The number of aryl methyl sites for hydroxylation is 1. The molecule has 18 heavy (non-hydrogen) atoms. The molecule has 4 nitrogen and oxygen atoms in total. The first-order chi connectivity index (χ1) is 8.75. The Morgan fingerprint density at radius 1 is 1.44 bits per heavy atom. The second-order valence-corrected chi connectivity index (χ2v) is 6.41. The molecule has 0 radical (unpaired) electrons. The third-order valence-electron chi connectivity index (χ3n) is 3.79. The van der Waals surface area contributed by atoms with Crippen LogP contribution in [0.25, 0.3) is 0 Å². The first-order valence-corrected chi connectivity index (χ1v) is 7.75. The van der Waals surface area contributed by atoms with Crippen molar-refractivity contribution in [2.75, 3.05) is 24.6 Å². The van der Waals surface area contributed by atoms with Gasteiger partial charge in [-0.1, -0.05) is 12.1 Å². The van der Waals surface area contributed by atoms with E-state index in [1.165, 1.54) is 0 Å². The highest BCUT2D eigenvalue weighted by atomic mass is 32.2. The molecule has 0 N–H and O–H groups in total. The van der Waals surface area contributed by atoms with Gasteiger partial charge in [-0.05, 0) is 18.8 Å². The van der Waals surface area contributed by atoms with Crippen molar-refractivity contribution in [3.05, 3.63) is 17.0 Å². The van der Waals surface area contributed by atoms with Crippen LogP contribution in [-0.4, -0.2) is 40.6 Å². The van der Waals surface area contributed by atoms with Crippen LogP contribution in [0.15, 0.2) is 4.52 Å². The van der Waals surface area contributed by atoms with Crippen molar-refractivity contribution in [1.82, 2.24) is 10.1 Å². The molecule has 98 valence electrons. The van der Waals surface area contributed by atoms with E-state index < -0.39 is 0 Å². The lowest BCUT2D eigenvalue weighted by Crippen LogP contribution is -2.38. The highest BCUT2D eigenvalue weighted by Crippen LogP contribution is 2.28. The normalized spacial score (nSPS) is 23.8. The van der Waals surface area contributed by atoms with Gasteiger partial charge in [0, 0.05) is 36.6 Å². The van der Waals surface area contributed by atoms with Gasteiger partial charge in [-0.15, -0.1) is 0 Å². The zero-order chi connectivity index (χ0) is 12.5. The van der Waals surface area contributed by atoms with Crippen LogP contribution in [0.1, 0.15) is 35.2 Å². The molecule has 2 aliphatic rings. The van der Waals surface area contributed by atoms with E-state index in [2.05, 4.69) is 12.1 Å². The molecule has 1 aliphatic carbocycles. The van der Waals surface area contributed by atoms with Crippen molar-refractivity contribution >= 4 is 17.7 Å². The average Bonchev–Trinajstić information content (AvgIpc) is 2.82. The van der Waals surface area contributed by atoms with Gasteiger partial charge in [0.25, 0.3) is 5.91 Å². The van der Waals surface area contributed by atoms with Crippen molar-refractivity contribution in [3.63, 3.8) is 0 Å². The van der Waals surface area contributed by atoms with Crippen molar-refractivity contribution < 1.29 is 9.32 Å². The number of aromatic nitrogens is 1. The van der Waals surface area contributed by atoms with Gasteiger partial charge in [0.2, 0.25) is 0 Å². The lowest BCUT2D eigenvalue weighted by atomic mass is 9.88. The smallest absolute Gasteiger partial charge is 0.276 e. The Kier molecular flexibility index (Phi) is 3.33. The summed E-state index contributed by atoms with van der Waals surface area (Å²) in [6, 6.07) is 0. The number of hydrogen-bond donors (Lipinski definition) is 0. The molecule has 5 heteroatoms. The molecule has 1 aromatic heterocycles. The summed E-state index contributed by atoms with van der Waals surface area (Å²) in [6.45, 7) is 3.89. The number of amides is 1. The van der Waals surface area contributed by atoms with Gasteiger partial charge in [-0.3, -0.25) is 4.79 Å². The van der Waals surface area contributed by atoms with Crippen molar-refractivity contribution in [2.45, 2.75) is 26.2 Å². The summed E-state index contributed by atoms with van der Waals surface area (Å²) in [4.78, 5) is 14.3. The lowest BCUT2D eigenvalue weighted by Gasteiger charge is -2.26. The molecule has 1 fully saturated rings. The van der Waals surface area contributed by atoms with Crippen LogP contribution in [-0.2, 0) is 12.8 Å². The van der Waals surface area contributed by atoms with E-state index in [0.717, 1.165) is 55.2 Å². The monoisotopic (exact) mass is 266 g/mol. The first-order valence-electron chi connectivity index (χ1n) is 6.60. The van der Waals surface area contributed by atoms with Crippen LogP contribution >= 0.6 is 11.8 Å². The van der Waals surface area contributed by atoms with Gasteiger partial charge in [-0.25, -0.2) is 0 Å². The molecule has 3 rings (SSSR count). The highest BCUT2D eigenvalue weighted by molar-refractivity contribution is 7.99. The number of thioether (sulfide) groups is 1. The predicted molar refractivity (Wildman–Crippen MR) is 70.9 cm³/mol. The summed E-state index contributed by atoms with van der Waals surface area (Å²) >= 11 is 1.90. The highest BCUT2D eigenvalue weighted by Gasteiger charge is 2.29. The molecule has 0 aromatic carbocycles. The van der Waals surface area contributed by atoms with E-state index in [-0.39, 0.29) is 5.91 Å². The van der Waals surface area contributed by atoms with Gasteiger partial charge in [0.05, 0.1) is 0 Å². The Morgan fingerprint density at radius 2 is 2.22 bits per heavy atom. The molecule has 1 aliphatic heterocycles. The second kappa shape index (κ2) is 4.96. The first kappa shape index (κ1) is 12.1. The minimum absolute atomic E-state index is 0.0643. The minimum atomic E-state index is 0.0643. The number of fused-ring (bicyclic) bond motifs is 1. The van der Waals surface area contributed by atoms with Crippen molar-refractivity contribution in [2.24, 2.45) is 5.92 Å². The van der Waals surface area contributed by atoms with Gasteiger partial charge in [0.15, 0.2) is 5.69 Å². The average molecular weight is 266 g/mol. The third-order valence-corrected chi connectivity index (χ3v) is 4.73. The Balaban J connectivity index is 1.83. The number of carbonyl (C=O) groups is 1. The number of hydrogen-bond acceptors (Lipinski definition) is 4. The zero-order valence-corrected chi connectivity index (χ0v) is 11.5. The SMILES string of the molecule is C[C@@H]1CCc2onc(C(=O)N3CCSCC3)c2C1. The molecule has 1 amide bonds. The van der Waals surface area contributed by atoms with E-state index in [0.29, 0.717) is 11.6 Å². The van der Waals surface area contributed by atoms with Gasteiger partial charge in [-0.2, -0.15) is 11.8 Å². The van der Waals surface area contributed by atoms with Crippen molar-refractivity contribution in [1.29, 1.82) is 0 Å². The maximum Gasteiger partial charge on any atom is 0.276 e. The number of nitrogens with zero attached hydrogens (tertiary/aromatic N) is 2. The second-order valence-electron chi connectivity index (χ2n) is 5.19. The minimum Gasteiger partial charge on any atom is -0.360 e. The molecule has 1 aromatic rings. The molecule has 2 heterocycles. The van der Waals surface area contributed by atoms with E-state index in [4.69, 9.17) is 4.52 Å². The maximum absolute atomic E-state index is 12.4. The Morgan fingerprint density at radius 3 is 3.00 bits per heavy atom. The van der Waals surface area contributed by atoms with Crippen LogP contribution in [0.3, 0.4) is 0 Å². The fraction of sp³-hybridized carbons (Fsp3) is 0.692. The zero-order valence-electron chi connectivity index (χ0n) is 10.6. The van der Waals surface area contributed by atoms with E-state index in [1.807, 2.05) is 16.7 Å². The maximum atomic E-state index is 12.4. The van der Waals surface area contributed by atoms with Gasteiger partial charge < -0.3 is 9.42 Å². The summed E-state index contributed by atoms with van der Waals surface area (Å²) in [6.07, 6.45) is 2.99. The van der Waals surface area contributed by atoms with E-state index in [1.54, 1.807) is 0 Å². The predicted octanol–water partition coefficient (Wildman–Crippen LogP) is 1.99. The fourth-order valence-corrected chi connectivity index (χ4v) is 3.57. The lowest BCUT2D eigenvalue weighted by molar-refractivity contribution is 0.0761.